The number of carbonyl (C=O) groups is 2. The molecule has 0 aliphatic rings. The summed E-state index contributed by atoms with van der Waals surface area (Å²) in [6, 6.07) is 7.63. The Hall–Kier alpha value is -1.75. The second-order valence-corrected chi connectivity index (χ2v) is 11.8. The Kier molecular flexibility index (Phi) is 8.20. The predicted molar refractivity (Wildman–Crippen MR) is 143 cm³/mol. The van der Waals surface area contributed by atoms with Gasteiger partial charge < -0.3 is 10.4 Å². The van der Waals surface area contributed by atoms with Gasteiger partial charge in [0.15, 0.2) is 5.82 Å². The van der Waals surface area contributed by atoms with Crippen LogP contribution in [-0.2, 0) is 0 Å². The number of pyridine rings is 1. The summed E-state index contributed by atoms with van der Waals surface area (Å²) >= 11 is 34.1. The highest BCUT2D eigenvalue weighted by molar-refractivity contribution is 9.10. The van der Waals surface area contributed by atoms with Gasteiger partial charge in [0, 0.05) is 17.3 Å². The molecule has 0 radical (unpaired) electrons. The Labute approximate surface area is 234 Å². The van der Waals surface area contributed by atoms with E-state index in [-0.39, 0.29) is 32.9 Å². The average Bonchev–Trinajstić information content (AvgIpc) is 3.11. The largest absolute Gasteiger partial charge is 0.465 e. The molecule has 3 rings (SSSR count). The zero-order valence-electron chi connectivity index (χ0n) is 18.3. The van der Waals surface area contributed by atoms with Crippen LogP contribution in [0.25, 0.3) is 5.82 Å². The summed E-state index contributed by atoms with van der Waals surface area (Å²) in [4.78, 5) is 30.8. The van der Waals surface area contributed by atoms with Crippen molar-refractivity contribution in [3.05, 3.63) is 62.4 Å². The van der Waals surface area contributed by atoms with Crippen molar-refractivity contribution in [3.63, 3.8) is 0 Å². The summed E-state index contributed by atoms with van der Waals surface area (Å²) in [6.07, 6.45) is 0.0789. The highest BCUT2D eigenvalue weighted by atomic mass is 79.9. The maximum absolute atomic E-state index is 13.4. The van der Waals surface area contributed by atoms with Crippen molar-refractivity contribution in [2.24, 2.45) is 0 Å². The molecule has 0 aliphatic heterocycles. The number of aryl methyl sites for hydroxylation is 1. The Bertz CT molecular complexity index is 1310. The summed E-state index contributed by atoms with van der Waals surface area (Å²) in [6.45, 7) is 4.52. The van der Waals surface area contributed by atoms with Crippen LogP contribution in [0.15, 0.2) is 41.1 Å². The number of anilines is 2. The fraction of sp³-hybridized carbons (Fsp3) is 0.238. The molecule has 2 amide bonds. The van der Waals surface area contributed by atoms with Crippen molar-refractivity contribution in [2.45, 2.75) is 30.1 Å². The van der Waals surface area contributed by atoms with Crippen molar-refractivity contribution in [2.75, 3.05) is 10.2 Å². The highest BCUT2D eigenvalue weighted by Gasteiger charge is 2.49. The Morgan fingerprint density at radius 3 is 2.40 bits per heavy atom. The fourth-order valence-electron chi connectivity index (χ4n) is 3.22. The molecule has 0 saturated carbocycles. The fourth-order valence-corrected chi connectivity index (χ4v) is 4.32. The van der Waals surface area contributed by atoms with Crippen molar-refractivity contribution in [1.82, 2.24) is 14.8 Å². The van der Waals surface area contributed by atoms with Crippen molar-refractivity contribution < 1.29 is 14.7 Å². The van der Waals surface area contributed by atoms with Crippen LogP contribution >= 0.6 is 73.9 Å². The maximum atomic E-state index is 13.4. The maximum Gasteiger partial charge on any atom is 0.412 e. The summed E-state index contributed by atoms with van der Waals surface area (Å²) in [7, 11) is 0. The van der Waals surface area contributed by atoms with Gasteiger partial charge in [-0.3, -0.25) is 9.69 Å². The highest BCUT2D eigenvalue weighted by Crippen LogP contribution is 2.46. The molecule has 3 aromatic rings. The van der Waals surface area contributed by atoms with Crippen molar-refractivity contribution in [3.8, 4) is 5.82 Å². The molecule has 2 N–H and O–H groups in total. The number of nitrogens with zero attached hydrogens (tertiary/aromatic N) is 4. The lowest BCUT2D eigenvalue weighted by molar-refractivity contribution is 0.101. The lowest BCUT2D eigenvalue weighted by atomic mass is 10.0. The van der Waals surface area contributed by atoms with Crippen molar-refractivity contribution in [1.29, 1.82) is 0 Å². The summed E-state index contributed by atoms with van der Waals surface area (Å²) < 4.78 is -0.420. The minimum Gasteiger partial charge on any atom is -0.465 e. The van der Waals surface area contributed by atoms with Crippen LogP contribution in [-0.4, -0.2) is 41.2 Å². The van der Waals surface area contributed by atoms with Crippen LogP contribution in [0, 0.1) is 6.92 Å². The molecule has 186 valence electrons. The molecular weight excluding hydrogens is 627 g/mol. The van der Waals surface area contributed by atoms with Crippen LogP contribution in [0.4, 0.5) is 16.2 Å². The van der Waals surface area contributed by atoms with E-state index in [1.807, 2.05) is 0 Å². The normalized spacial score (nSPS) is 11.9. The van der Waals surface area contributed by atoms with E-state index < -0.39 is 21.3 Å². The van der Waals surface area contributed by atoms with E-state index >= 15 is 0 Å². The summed E-state index contributed by atoms with van der Waals surface area (Å²) in [5, 5.41) is 17.5. The van der Waals surface area contributed by atoms with Gasteiger partial charge in [-0.15, -0.1) is 0 Å². The number of carboxylic acid groups (broad SMARTS) is 1. The molecule has 2 aromatic heterocycles. The first-order valence-electron chi connectivity index (χ1n) is 9.73. The number of nitrogens with one attached hydrogen (secondary N) is 1. The molecule has 0 aliphatic carbocycles. The second kappa shape index (κ2) is 10.3. The third-order valence-electron chi connectivity index (χ3n) is 5.05. The van der Waals surface area contributed by atoms with Gasteiger partial charge >= 0.3 is 6.09 Å². The first-order valence-corrected chi connectivity index (χ1v) is 12.4. The number of halogens is 6. The minimum absolute atomic E-state index is 0.00757. The van der Waals surface area contributed by atoms with Gasteiger partial charge in [-0.1, -0.05) is 58.0 Å². The molecule has 0 unspecified atom stereocenters. The molecule has 0 atom stereocenters. The van der Waals surface area contributed by atoms with E-state index in [2.05, 4.69) is 31.3 Å². The Balaban J connectivity index is 2.15. The molecule has 0 bridgehead atoms. The Morgan fingerprint density at radius 1 is 1.17 bits per heavy atom. The average molecular weight is 645 g/mol. The number of rotatable bonds is 5. The van der Waals surface area contributed by atoms with Gasteiger partial charge in [0.2, 0.25) is 3.79 Å². The van der Waals surface area contributed by atoms with Gasteiger partial charge in [0.05, 0.1) is 21.9 Å². The van der Waals surface area contributed by atoms with Gasteiger partial charge in [-0.25, -0.2) is 14.5 Å². The van der Waals surface area contributed by atoms with Crippen LogP contribution in [0.2, 0.25) is 10.0 Å². The van der Waals surface area contributed by atoms with Gasteiger partial charge in [0.1, 0.15) is 10.3 Å². The molecule has 1 aromatic carbocycles. The quantitative estimate of drug-likeness (QED) is 0.280. The third kappa shape index (κ3) is 5.65. The first-order chi connectivity index (χ1) is 16.1. The van der Waals surface area contributed by atoms with E-state index in [4.69, 9.17) is 58.0 Å². The Morgan fingerprint density at radius 2 is 1.83 bits per heavy atom. The van der Waals surface area contributed by atoms with Gasteiger partial charge in [0.25, 0.3) is 5.91 Å². The number of alkyl halides is 3. The lowest BCUT2D eigenvalue weighted by Gasteiger charge is -2.42. The number of carbonyl (C=O) groups excluding carboxylic acids is 1. The van der Waals surface area contributed by atoms with Crippen LogP contribution in [0.3, 0.4) is 0 Å². The van der Waals surface area contributed by atoms with Gasteiger partial charge in [-0.05, 0) is 66.5 Å². The molecular formula is C21H17BrCl5N5O3. The molecule has 35 heavy (non-hydrogen) atoms. The molecule has 0 spiro atoms. The minimum atomic E-state index is -2.03. The van der Waals surface area contributed by atoms with Crippen LogP contribution < -0.4 is 10.2 Å². The number of amides is 2. The van der Waals surface area contributed by atoms with Crippen LogP contribution in [0.5, 0.6) is 0 Å². The topological polar surface area (TPSA) is 100 Å². The zero-order chi connectivity index (χ0) is 26.3. The molecule has 14 heteroatoms. The number of aromatic nitrogens is 3. The number of benzene rings is 1. The number of hydrogen-bond donors (Lipinski definition) is 2. The van der Waals surface area contributed by atoms with E-state index in [0.717, 1.165) is 4.90 Å². The molecule has 8 nitrogen and oxygen atoms in total. The third-order valence-corrected chi connectivity index (χ3v) is 7.34. The zero-order valence-corrected chi connectivity index (χ0v) is 23.7. The van der Waals surface area contributed by atoms with E-state index in [0.29, 0.717) is 10.2 Å². The standard InChI is InChI=1S/C21H17BrCl5N5O3/c1-10-7-11(23)8-13(31(19(34)35)20(2,3)21(25,26)27)16(10)29-18(33)14-9-15(22)30-32(14)17-12(24)5-4-6-28-17/h4-9H,1-3H3,(H,29,33)(H,34,35). The van der Waals surface area contributed by atoms with E-state index in [1.54, 1.807) is 25.1 Å². The predicted octanol–water partition coefficient (Wildman–Crippen LogP) is 7.53. The first kappa shape index (κ1) is 27.8. The summed E-state index contributed by atoms with van der Waals surface area (Å²) in [5.74, 6) is -0.406. The second-order valence-electron chi connectivity index (χ2n) is 7.82. The molecule has 2 heterocycles. The SMILES string of the molecule is Cc1cc(Cl)cc(N(C(=O)O)C(C)(C)C(Cl)(Cl)Cl)c1NC(=O)c1cc(Br)nn1-c1ncccc1Cl. The summed E-state index contributed by atoms with van der Waals surface area (Å²) in [5.41, 5.74) is -0.881. The number of hydrogen-bond acceptors (Lipinski definition) is 4. The van der Waals surface area contributed by atoms with Gasteiger partial charge in [-0.2, -0.15) is 5.10 Å². The van der Waals surface area contributed by atoms with Crippen molar-refractivity contribution >= 4 is 97.3 Å². The van der Waals surface area contributed by atoms with E-state index in [1.165, 1.54) is 36.9 Å². The molecule has 0 saturated heterocycles. The molecule has 0 fully saturated rings. The van der Waals surface area contributed by atoms with E-state index in [9.17, 15) is 14.7 Å². The lowest BCUT2D eigenvalue weighted by Crippen LogP contribution is -2.56. The smallest absolute Gasteiger partial charge is 0.412 e. The monoisotopic (exact) mass is 641 g/mol. The van der Waals surface area contributed by atoms with Crippen LogP contribution in [0.1, 0.15) is 29.9 Å².